The highest BCUT2D eigenvalue weighted by Crippen LogP contribution is 2.21. The first-order valence-corrected chi connectivity index (χ1v) is 12.0. The first kappa shape index (κ1) is 26.9. The van der Waals surface area contributed by atoms with E-state index in [1.165, 1.54) is 10.6 Å². The number of sulfonamides is 1. The summed E-state index contributed by atoms with van der Waals surface area (Å²) in [6.45, 7) is 8.51. The molecular weight excluding hydrogens is 519 g/mol. The monoisotopic (exact) mass is 554 g/mol. The van der Waals surface area contributed by atoms with Crippen LogP contribution in [0.3, 0.4) is 0 Å². The molecule has 0 spiro atoms. The zero-order valence-electron chi connectivity index (χ0n) is 18.2. The lowest BCUT2D eigenvalue weighted by Gasteiger charge is -2.17. The van der Waals surface area contributed by atoms with Gasteiger partial charge >= 0.3 is 0 Å². The molecule has 0 aliphatic carbocycles. The number of nitrogens with one attached hydrogen (secondary N) is 2. The fourth-order valence-electron chi connectivity index (χ4n) is 3.20. The van der Waals surface area contributed by atoms with Crippen LogP contribution in [0.1, 0.15) is 38.9 Å². The molecule has 10 heteroatoms. The highest BCUT2D eigenvalue weighted by molar-refractivity contribution is 14.0. The quantitative estimate of drug-likeness (QED) is 0.245. The van der Waals surface area contributed by atoms with E-state index in [0.717, 1.165) is 17.7 Å². The van der Waals surface area contributed by atoms with Crippen LogP contribution in [0.25, 0.3) is 0 Å². The number of hydrogen-bond acceptors (Lipinski definition) is 5. The predicted octanol–water partition coefficient (Wildman–Crippen LogP) is 1.96. The van der Waals surface area contributed by atoms with Gasteiger partial charge in [0.25, 0.3) is 0 Å². The predicted molar refractivity (Wildman–Crippen MR) is 131 cm³/mol. The number of guanidine groups is 1. The van der Waals surface area contributed by atoms with Crippen molar-refractivity contribution in [3.05, 3.63) is 29.8 Å². The molecule has 0 amide bonds. The molecule has 1 heterocycles. The molecule has 2 rings (SSSR count). The van der Waals surface area contributed by atoms with Gasteiger partial charge in [0.15, 0.2) is 5.96 Å². The van der Waals surface area contributed by atoms with Crippen LogP contribution in [0, 0.1) is 5.92 Å². The molecule has 1 aromatic rings. The van der Waals surface area contributed by atoms with Crippen LogP contribution < -0.4 is 15.4 Å². The average molecular weight is 554 g/mol. The first-order chi connectivity index (χ1) is 13.7. The van der Waals surface area contributed by atoms with Crippen molar-refractivity contribution in [2.45, 2.75) is 39.4 Å². The molecule has 30 heavy (non-hydrogen) atoms. The lowest BCUT2D eigenvalue weighted by Crippen LogP contribution is -2.40. The fourth-order valence-corrected chi connectivity index (χ4v) is 4.12. The van der Waals surface area contributed by atoms with Crippen LogP contribution in [-0.4, -0.2) is 68.9 Å². The van der Waals surface area contributed by atoms with Gasteiger partial charge in [-0.25, -0.2) is 12.7 Å². The summed E-state index contributed by atoms with van der Waals surface area (Å²) in [7, 11) is -3.13. The Kier molecular flexibility index (Phi) is 11.4. The SMILES string of the molecule is CCNC(=NCC(O)c1cccc(OC(C)C)c1)NCC1CCN(S(C)(=O)=O)C1.I. The number of halogens is 1. The maximum Gasteiger partial charge on any atom is 0.211 e. The second kappa shape index (κ2) is 12.7. The fraction of sp³-hybridized carbons (Fsp3) is 0.650. The van der Waals surface area contributed by atoms with Gasteiger partial charge in [0.1, 0.15) is 5.75 Å². The Morgan fingerprint density at radius 1 is 1.37 bits per heavy atom. The summed E-state index contributed by atoms with van der Waals surface area (Å²) in [5.41, 5.74) is 0.752. The summed E-state index contributed by atoms with van der Waals surface area (Å²) in [5, 5.41) is 16.9. The van der Waals surface area contributed by atoms with Gasteiger partial charge in [-0.1, -0.05) is 12.1 Å². The average Bonchev–Trinajstić information content (AvgIpc) is 3.13. The zero-order valence-corrected chi connectivity index (χ0v) is 21.3. The van der Waals surface area contributed by atoms with Crippen molar-refractivity contribution in [2.75, 3.05) is 39.0 Å². The molecule has 1 saturated heterocycles. The van der Waals surface area contributed by atoms with E-state index in [2.05, 4.69) is 15.6 Å². The van der Waals surface area contributed by atoms with Gasteiger partial charge < -0.3 is 20.5 Å². The zero-order chi connectivity index (χ0) is 21.4. The van der Waals surface area contributed by atoms with Crippen LogP contribution in [0.4, 0.5) is 0 Å². The van der Waals surface area contributed by atoms with Crippen LogP contribution in [0.2, 0.25) is 0 Å². The minimum Gasteiger partial charge on any atom is -0.491 e. The van der Waals surface area contributed by atoms with E-state index in [0.29, 0.717) is 32.1 Å². The summed E-state index contributed by atoms with van der Waals surface area (Å²) in [6.07, 6.45) is 1.40. The highest BCUT2D eigenvalue weighted by atomic mass is 127. The van der Waals surface area contributed by atoms with Crippen molar-refractivity contribution in [2.24, 2.45) is 10.9 Å². The van der Waals surface area contributed by atoms with Gasteiger partial charge in [0, 0.05) is 26.2 Å². The van der Waals surface area contributed by atoms with Crippen molar-refractivity contribution in [1.29, 1.82) is 0 Å². The Morgan fingerprint density at radius 2 is 2.10 bits per heavy atom. The van der Waals surface area contributed by atoms with Crippen molar-refractivity contribution in [1.82, 2.24) is 14.9 Å². The number of rotatable bonds is 9. The topological polar surface area (TPSA) is 103 Å². The van der Waals surface area contributed by atoms with Crippen LogP contribution >= 0.6 is 24.0 Å². The summed E-state index contributed by atoms with van der Waals surface area (Å²) < 4.78 is 30.5. The molecule has 1 aromatic carbocycles. The summed E-state index contributed by atoms with van der Waals surface area (Å²) in [6, 6.07) is 7.41. The van der Waals surface area contributed by atoms with E-state index < -0.39 is 16.1 Å². The molecule has 3 N–H and O–H groups in total. The molecule has 1 aliphatic heterocycles. The molecule has 0 saturated carbocycles. The molecule has 1 aliphatic rings. The minimum absolute atomic E-state index is 0. The molecule has 8 nitrogen and oxygen atoms in total. The molecular formula is C20H35IN4O4S. The Bertz CT molecular complexity index is 789. The first-order valence-electron chi connectivity index (χ1n) is 10.1. The standard InChI is InChI=1S/C20H34N4O4S.HI/c1-5-21-20(22-12-16-9-10-24(14-16)29(4,26)27)23-13-19(25)17-7-6-8-18(11-17)28-15(2)3;/h6-8,11,15-16,19,25H,5,9-10,12-14H2,1-4H3,(H2,21,22,23);1H. The van der Waals surface area contributed by atoms with E-state index in [4.69, 9.17) is 4.74 Å². The second-order valence-electron chi connectivity index (χ2n) is 7.63. The van der Waals surface area contributed by atoms with Gasteiger partial charge in [0.05, 0.1) is 25.0 Å². The lowest BCUT2D eigenvalue weighted by molar-refractivity contribution is 0.185. The van der Waals surface area contributed by atoms with Gasteiger partial charge in [-0.3, -0.25) is 4.99 Å². The van der Waals surface area contributed by atoms with E-state index in [1.54, 1.807) is 0 Å². The molecule has 172 valence electrons. The van der Waals surface area contributed by atoms with Crippen molar-refractivity contribution < 1.29 is 18.3 Å². The number of ether oxygens (including phenoxy) is 1. The third-order valence-electron chi connectivity index (χ3n) is 4.66. The number of aliphatic hydroxyl groups excluding tert-OH is 1. The van der Waals surface area contributed by atoms with Crippen molar-refractivity contribution >= 4 is 40.0 Å². The van der Waals surface area contributed by atoms with Crippen LogP contribution in [0.15, 0.2) is 29.3 Å². The van der Waals surface area contributed by atoms with Gasteiger partial charge in [0.2, 0.25) is 10.0 Å². The normalized spacial score (nSPS) is 18.7. The van der Waals surface area contributed by atoms with Crippen molar-refractivity contribution in [3.63, 3.8) is 0 Å². The summed E-state index contributed by atoms with van der Waals surface area (Å²) in [5.74, 6) is 1.57. The van der Waals surface area contributed by atoms with Gasteiger partial charge in [-0.05, 0) is 50.8 Å². The van der Waals surface area contributed by atoms with E-state index >= 15 is 0 Å². The number of aliphatic hydroxyl groups is 1. The minimum atomic E-state index is -3.13. The molecule has 1 fully saturated rings. The van der Waals surface area contributed by atoms with Crippen LogP contribution in [0.5, 0.6) is 5.75 Å². The number of nitrogens with zero attached hydrogens (tertiary/aromatic N) is 2. The largest absolute Gasteiger partial charge is 0.491 e. The third kappa shape index (κ3) is 8.94. The third-order valence-corrected chi connectivity index (χ3v) is 5.93. The Balaban J connectivity index is 0.00000450. The van der Waals surface area contributed by atoms with Gasteiger partial charge in [-0.15, -0.1) is 24.0 Å². The molecule has 0 radical (unpaired) electrons. The Labute approximate surface area is 197 Å². The molecule has 2 unspecified atom stereocenters. The number of aliphatic imine (C=N–C) groups is 1. The van der Waals surface area contributed by atoms with E-state index in [9.17, 15) is 13.5 Å². The second-order valence-corrected chi connectivity index (χ2v) is 9.61. The van der Waals surface area contributed by atoms with E-state index in [1.807, 2.05) is 45.0 Å². The lowest BCUT2D eigenvalue weighted by atomic mass is 10.1. The number of benzene rings is 1. The van der Waals surface area contributed by atoms with Crippen molar-refractivity contribution in [3.8, 4) is 5.75 Å². The molecule has 0 bridgehead atoms. The maximum absolute atomic E-state index is 11.6. The highest BCUT2D eigenvalue weighted by Gasteiger charge is 2.28. The maximum atomic E-state index is 11.6. The molecule has 2 atom stereocenters. The number of hydrogen-bond donors (Lipinski definition) is 3. The molecule has 0 aromatic heterocycles. The van der Waals surface area contributed by atoms with E-state index in [-0.39, 0.29) is 42.5 Å². The Hall–Kier alpha value is -1.11. The van der Waals surface area contributed by atoms with Gasteiger partial charge in [-0.2, -0.15) is 0 Å². The summed E-state index contributed by atoms with van der Waals surface area (Å²) in [4.78, 5) is 4.48. The smallest absolute Gasteiger partial charge is 0.211 e. The summed E-state index contributed by atoms with van der Waals surface area (Å²) >= 11 is 0. The Morgan fingerprint density at radius 3 is 2.70 bits per heavy atom. The van der Waals surface area contributed by atoms with Crippen LogP contribution in [-0.2, 0) is 10.0 Å².